The highest BCUT2D eigenvalue weighted by Crippen LogP contribution is 2.35. The van der Waals surface area contributed by atoms with Crippen molar-refractivity contribution in [2.24, 2.45) is 0 Å². The molecule has 84 valence electrons. The first-order valence-electron chi connectivity index (χ1n) is 5.12. The zero-order valence-corrected chi connectivity index (χ0v) is 9.70. The largest absolute Gasteiger partial charge is 0.496 e. The molecule has 0 bridgehead atoms. The van der Waals surface area contributed by atoms with E-state index in [4.69, 9.17) is 14.9 Å². The molecule has 0 amide bonds. The Kier molecular flexibility index (Phi) is 2.60. The molecular formula is C13H15NO2. The van der Waals surface area contributed by atoms with Gasteiger partial charge in [-0.05, 0) is 38.1 Å². The maximum absolute atomic E-state index is 5.79. The maximum Gasteiger partial charge on any atom is 0.126 e. The van der Waals surface area contributed by atoms with Crippen molar-refractivity contribution in [3.8, 4) is 16.9 Å². The number of furan rings is 1. The van der Waals surface area contributed by atoms with Crippen LogP contribution in [-0.2, 0) is 0 Å². The molecule has 2 rings (SSSR count). The van der Waals surface area contributed by atoms with Gasteiger partial charge in [0.25, 0.3) is 0 Å². The molecular weight excluding hydrogens is 202 g/mol. The van der Waals surface area contributed by atoms with Crippen molar-refractivity contribution in [2.45, 2.75) is 13.8 Å². The highest BCUT2D eigenvalue weighted by molar-refractivity contribution is 5.75. The zero-order chi connectivity index (χ0) is 11.7. The Hall–Kier alpha value is -1.90. The third kappa shape index (κ3) is 1.76. The second-order valence-electron chi connectivity index (χ2n) is 3.79. The summed E-state index contributed by atoms with van der Waals surface area (Å²) in [6, 6.07) is 7.58. The van der Waals surface area contributed by atoms with Gasteiger partial charge in [0, 0.05) is 16.8 Å². The zero-order valence-electron chi connectivity index (χ0n) is 9.70. The van der Waals surface area contributed by atoms with E-state index in [1.807, 2.05) is 38.1 Å². The standard InChI is InChI=1S/C13H15NO2/c1-8-6-11(9(2)16-8)12-7-10(14)4-5-13(12)15-3/h4-7H,14H2,1-3H3. The molecule has 2 aromatic rings. The van der Waals surface area contributed by atoms with Crippen molar-refractivity contribution in [1.82, 2.24) is 0 Å². The van der Waals surface area contributed by atoms with E-state index in [0.29, 0.717) is 5.69 Å². The molecule has 0 unspecified atom stereocenters. The van der Waals surface area contributed by atoms with E-state index < -0.39 is 0 Å². The Morgan fingerprint density at radius 3 is 2.44 bits per heavy atom. The fraction of sp³-hybridized carbons (Fsp3) is 0.231. The van der Waals surface area contributed by atoms with Crippen molar-refractivity contribution in [3.05, 3.63) is 35.8 Å². The average Bonchev–Trinajstić information content (AvgIpc) is 2.57. The Balaban J connectivity index is 2.62. The number of hydrogen-bond acceptors (Lipinski definition) is 3. The smallest absolute Gasteiger partial charge is 0.126 e. The first-order valence-corrected chi connectivity index (χ1v) is 5.12. The van der Waals surface area contributed by atoms with E-state index in [2.05, 4.69) is 0 Å². The summed E-state index contributed by atoms with van der Waals surface area (Å²) in [4.78, 5) is 0. The van der Waals surface area contributed by atoms with Gasteiger partial charge in [0.15, 0.2) is 0 Å². The summed E-state index contributed by atoms with van der Waals surface area (Å²) in [6.07, 6.45) is 0. The van der Waals surface area contributed by atoms with Gasteiger partial charge in [0.2, 0.25) is 0 Å². The fourth-order valence-electron chi connectivity index (χ4n) is 1.83. The fourth-order valence-corrected chi connectivity index (χ4v) is 1.83. The normalized spacial score (nSPS) is 10.4. The monoisotopic (exact) mass is 217 g/mol. The number of benzene rings is 1. The van der Waals surface area contributed by atoms with Gasteiger partial charge in [0.05, 0.1) is 7.11 Å². The Labute approximate surface area is 94.8 Å². The van der Waals surface area contributed by atoms with E-state index in [-0.39, 0.29) is 0 Å². The van der Waals surface area contributed by atoms with Crippen LogP contribution in [0.4, 0.5) is 5.69 Å². The average molecular weight is 217 g/mol. The Bertz CT molecular complexity index is 515. The summed E-state index contributed by atoms with van der Waals surface area (Å²) in [5.41, 5.74) is 8.51. The maximum atomic E-state index is 5.79. The third-order valence-corrected chi connectivity index (χ3v) is 2.55. The van der Waals surface area contributed by atoms with Crippen LogP contribution in [0.25, 0.3) is 11.1 Å². The number of aryl methyl sites for hydroxylation is 2. The predicted octanol–water partition coefficient (Wildman–Crippen LogP) is 3.15. The molecule has 0 atom stereocenters. The first-order chi connectivity index (χ1) is 7.61. The molecule has 1 aromatic carbocycles. The second kappa shape index (κ2) is 3.93. The van der Waals surface area contributed by atoms with E-state index in [9.17, 15) is 0 Å². The van der Waals surface area contributed by atoms with Crippen LogP contribution < -0.4 is 10.5 Å². The van der Waals surface area contributed by atoms with Crippen LogP contribution in [0, 0.1) is 13.8 Å². The van der Waals surface area contributed by atoms with Crippen LogP contribution in [0.3, 0.4) is 0 Å². The summed E-state index contributed by atoms with van der Waals surface area (Å²) in [7, 11) is 1.65. The molecule has 16 heavy (non-hydrogen) atoms. The van der Waals surface area contributed by atoms with Crippen LogP contribution in [0.1, 0.15) is 11.5 Å². The number of nitrogen functional groups attached to an aromatic ring is 1. The molecule has 0 aliphatic carbocycles. The summed E-state index contributed by atoms with van der Waals surface area (Å²) in [5, 5.41) is 0. The lowest BCUT2D eigenvalue weighted by atomic mass is 10.0. The van der Waals surface area contributed by atoms with Crippen LogP contribution in [0.5, 0.6) is 5.75 Å². The molecule has 0 fully saturated rings. The van der Waals surface area contributed by atoms with Crippen LogP contribution in [0.15, 0.2) is 28.7 Å². The number of rotatable bonds is 2. The molecule has 0 radical (unpaired) electrons. The molecule has 0 saturated carbocycles. The first kappa shape index (κ1) is 10.6. The highest BCUT2D eigenvalue weighted by Gasteiger charge is 2.12. The summed E-state index contributed by atoms with van der Waals surface area (Å²) < 4.78 is 10.8. The van der Waals surface area contributed by atoms with Crippen molar-refractivity contribution < 1.29 is 9.15 Å². The summed E-state index contributed by atoms with van der Waals surface area (Å²) >= 11 is 0. The lowest BCUT2D eigenvalue weighted by Gasteiger charge is -2.08. The molecule has 1 aromatic heterocycles. The van der Waals surface area contributed by atoms with E-state index in [0.717, 1.165) is 28.4 Å². The highest BCUT2D eigenvalue weighted by atomic mass is 16.5. The molecule has 0 aliphatic rings. The van der Waals surface area contributed by atoms with Crippen molar-refractivity contribution in [2.75, 3.05) is 12.8 Å². The van der Waals surface area contributed by atoms with Gasteiger partial charge in [0.1, 0.15) is 17.3 Å². The van der Waals surface area contributed by atoms with Crippen molar-refractivity contribution >= 4 is 5.69 Å². The predicted molar refractivity (Wildman–Crippen MR) is 64.6 cm³/mol. The van der Waals surface area contributed by atoms with Gasteiger partial charge in [-0.25, -0.2) is 0 Å². The molecule has 0 spiro atoms. The minimum atomic E-state index is 0.717. The second-order valence-corrected chi connectivity index (χ2v) is 3.79. The van der Waals surface area contributed by atoms with E-state index in [1.165, 1.54) is 0 Å². The molecule has 3 heteroatoms. The molecule has 1 heterocycles. The van der Waals surface area contributed by atoms with Gasteiger partial charge < -0.3 is 14.9 Å². The SMILES string of the molecule is COc1ccc(N)cc1-c1cc(C)oc1C. The van der Waals surface area contributed by atoms with Crippen LogP contribution >= 0.6 is 0 Å². The third-order valence-electron chi connectivity index (χ3n) is 2.55. The molecule has 0 aliphatic heterocycles. The Morgan fingerprint density at radius 2 is 1.88 bits per heavy atom. The number of anilines is 1. The number of hydrogen-bond donors (Lipinski definition) is 1. The van der Waals surface area contributed by atoms with Gasteiger partial charge in [-0.2, -0.15) is 0 Å². The minimum absolute atomic E-state index is 0.717. The van der Waals surface area contributed by atoms with Crippen LogP contribution in [-0.4, -0.2) is 7.11 Å². The quantitative estimate of drug-likeness (QED) is 0.786. The van der Waals surface area contributed by atoms with Crippen LogP contribution in [0.2, 0.25) is 0 Å². The van der Waals surface area contributed by atoms with Crippen molar-refractivity contribution in [1.29, 1.82) is 0 Å². The summed E-state index contributed by atoms with van der Waals surface area (Å²) in [5.74, 6) is 2.57. The number of methoxy groups -OCH3 is 1. The van der Waals surface area contributed by atoms with Gasteiger partial charge in [-0.3, -0.25) is 0 Å². The van der Waals surface area contributed by atoms with Gasteiger partial charge in [-0.1, -0.05) is 0 Å². The molecule has 3 nitrogen and oxygen atoms in total. The molecule has 2 N–H and O–H groups in total. The minimum Gasteiger partial charge on any atom is -0.496 e. The lowest BCUT2D eigenvalue weighted by molar-refractivity contribution is 0.416. The van der Waals surface area contributed by atoms with Gasteiger partial charge in [-0.15, -0.1) is 0 Å². The number of ether oxygens (including phenoxy) is 1. The topological polar surface area (TPSA) is 48.4 Å². The summed E-state index contributed by atoms with van der Waals surface area (Å²) in [6.45, 7) is 3.86. The van der Waals surface area contributed by atoms with E-state index >= 15 is 0 Å². The Morgan fingerprint density at radius 1 is 1.12 bits per heavy atom. The molecule has 0 saturated heterocycles. The lowest BCUT2D eigenvalue weighted by Crippen LogP contribution is -1.91. The van der Waals surface area contributed by atoms with Gasteiger partial charge >= 0.3 is 0 Å². The van der Waals surface area contributed by atoms with Crippen molar-refractivity contribution in [3.63, 3.8) is 0 Å². The van der Waals surface area contributed by atoms with E-state index in [1.54, 1.807) is 7.11 Å². The number of nitrogens with two attached hydrogens (primary N) is 1.